The summed E-state index contributed by atoms with van der Waals surface area (Å²) in [7, 11) is -3.47. The second kappa shape index (κ2) is 9.87. The molecule has 0 aromatic heterocycles. The molecule has 1 aromatic carbocycles. The van der Waals surface area contributed by atoms with E-state index in [0.29, 0.717) is 35.8 Å². The molecule has 2 aliphatic rings. The van der Waals surface area contributed by atoms with Crippen LogP contribution in [0, 0.1) is 5.92 Å². The number of piperidine rings is 1. The fraction of sp³-hybridized carbons (Fsp3) is 0.700. The number of benzene rings is 1. The Labute approximate surface area is 163 Å². The highest BCUT2D eigenvalue weighted by Crippen LogP contribution is 2.23. The summed E-state index contributed by atoms with van der Waals surface area (Å²) < 4.78 is 38.8. The van der Waals surface area contributed by atoms with Crippen LogP contribution < -0.4 is 9.46 Å². The third-order valence-corrected chi connectivity index (χ3v) is 6.96. The van der Waals surface area contributed by atoms with E-state index in [1.807, 2.05) is 6.92 Å². The predicted octanol–water partition coefficient (Wildman–Crippen LogP) is 2.64. The molecule has 0 bridgehead atoms. The van der Waals surface area contributed by atoms with Gasteiger partial charge in [-0.25, -0.2) is 13.1 Å². The lowest BCUT2D eigenvalue weighted by atomic mass is 9.94. The van der Waals surface area contributed by atoms with Crippen molar-refractivity contribution in [2.45, 2.75) is 50.0 Å². The Balaban J connectivity index is 1.45. The quantitative estimate of drug-likeness (QED) is 0.732. The molecule has 1 aromatic rings. The van der Waals surface area contributed by atoms with Crippen molar-refractivity contribution in [3.05, 3.63) is 24.3 Å². The minimum absolute atomic E-state index is 0.297. The van der Waals surface area contributed by atoms with Crippen molar-refractivity contribution >= 4 is 10.0 Å². The molecule has 1 N–H and O–H groups in total. The topological polar surface area (TPSA) is 67.9 Å². The highest BCUT2D eigenvalue weighted by atomic mass is 32.2. The van der Waals surface area contributed by atoms with E-state index in [-0.39, 0.29) is 0 Å². The van der Waals surface area contributed by atoms with Gasteiger partial charge < -0.3 is 14.4 Å². The van der Waals surface area contributed by atoms with Crippen LogP contribution in [0.15, 0.2) is 29.2 Å². The average Bonchev–Trinajstić information content (AvgIpc) is 2.72. The van der Waals surface area contributed by atoms with Gasteiger partial charge in [-0.1, -0.05) is 6.92 Å². The molecule has 3 rings (SSSR count). The zero-order valence-corrected chi connectivity index (χ0v) is 17.0. The number of sulfonamides is 1. The molecule has 152 valence electrons. The van der Waals surface area contributed by atoms with Crippen molar-refractivity contribution in [1.29, 1.82) is 0 Å². The van der Waals surface area contributed by atoms with Crippen molar-refractivity contribution in [1.82, 2.24) is 9.62 Å². The fourth-order valence-electron chi connectivity index (χ4n) is 3.82. The molecule has 2 fully saturated rings. The Kier molecular flexibility index (Phi) is 7.52. The van der Waals surface area contributed by atoms with Gasteiger partial charge in [0, 0.05) is 25.8 Å². The van der Waals surface area contributed by atoms with Crippen LogP contribution in [0.2, 0.25) is 0 Å². The lowest BCUT2D eigenvalue weighted by Gasteiger charge is -2.39. The molecular weight excluding hydrogens is 364 g/mol. The molecular formula is C20H32N2O4S. The minimum Gasteiger partial charge on any atom is -0.494 e. The molecule has 0 unspecified atom stereocenters. The highest BCUT2D eigenvalue weighted by Gasteiger charge is 2.27. The molecule has 0 aliphatic carbocycles. The van der Waals surface area contributed by atoms with Crippen LogP contribution in [0.3, 0.4) is 0 Å². The first-order chi connectivity index (χ1) is 13.1. The van der Waals surface area contributed by atoms with Gasteiger partial charge in [-0.15, -0.1) is 0 Å². The first-order valence-electron chi connectivity index (χ1n) is 10.1. The van der Waals surface area contributed by atoms with Gasteiger partial charge in [0.25, 0.3) is 0 Å². The molecule has 2 aliphatic heterocycles. The summed E-state index contributed by atoms with van der Waals surface area (Å²) in [6, 6.07) is 7.31. The number of likely N-dealkylation sites (tertiary alicyclic amines) is 1. The van der Waals surface area contributed by atoms with Gasteiger partial charge in [0.05, 0.1) is 11.5 Å². The van der Waals surface area contributed by atoms with Crippen molar-refractivity contribution < 1.29 is 17.9 Å². The Morgan fingerprint density at radius 1 is 1.11 bits per heavy atom. The summed E-state index contributed by atoms with van der Waals surface area (Å²) in [5.74, 6) is 1.11. The molecule has 2 saturated heterocycles. The molecule has 0 amide bonds. The summed E-state index contributed by atoms with van der Waals surface area (Å²) in [5, 5.41) is 0. The van der Waals surface area contributed by atoms with Crippen LogP contribution >= 0.6 is 0 Å². The van der Waals surface area contributed by atoms with Gasteiger partial charge in [0.1, 0.15) is 5.75 Å². The van der Waals surface area contributed by atoms with Gasteiger partial charge >= 0.3 is 0 Å². The SMILES string of the molecule is CCCOc1ccc(S(=O)(=O)NCC2CCN(C3CCOCC3)CC2)cc1. The predicted molar refractivity (Wildman–Crippen MR) is 106 cm³/mol. The number of hydrogen-bond acceptors (Lipinski definition) is 5. The lowest BCUT2D eigenvalue weighted by molar-refractivity contribution is 0.0214. The average molecular weight is 397 g/mol. The number of nitrogens with one attached hydrogen (secondary N) is 1. The molecule has 0 radical (unpaired) electrons. The Morgan fingerprint density at radius 3 is 2.41 bits per heavy atom. The van der Waals surface area contributed by atoms with Crippen LogP contribution in [0.1, 0.15) is 39.0 Å². The van der Waals surface area contributed by atoms with Gasteiger partial charge in [-0.3, -0.25) is 0 Å². The maximum Gasteiger partial charge on any atom is 0.240 e. The number of nitrogens with zero attached hydrogens (tertiary/aromatic N) is 1. The van der Waals surface area contributed by atoms with Gasteiger partial charge in [-0.2, -0.15) is 0 Å². The maximum atomic E-state index is 12.5. The van der Waals surface area contributed by atoms with Crippen molar-refractivity contribution in [3.8, 4) is 5.75 Å². The molecule has 0 saturated carbocycles. The molecule has 2 heterocycles. The third-order valence-electron chi connectivity index (χ3n) is 5.53. The van der Waals surface area contributed by atoms with Crippen molar-refractivity contribution in [2.75, 3.05) is 39.5 Å². The van der Waals surface area contributed by atoms with Gasteiger partial charge in [-0.05, 0) is 75.4 Å². The fourth-order valence-corrected chi connectivity index (χ4v) is 4.93. The first kappa shape index (κ1) is 20.6. The minimum atomic E-state index is -3.47. The van der Waals surface area contributed by atoms with E-state index >= 15 is 0 Å². The van der Waals surface area contributed by atoms with Crippen LogP contribution in [0.5, 0.6) is 5.75 Å². The van der Waals surface area contributed by atoms with Gasteiger partial charge in [0.2, 0.25) is 10.0 Å². The zero-order chi connectivity index (χ0) is 19.1. The summed E-state index contributed by atoms with van der Waals surface area (Å²) in [6.45, 7) is 7.03. The van der Waals surface area contributed by atoms with Crippen LogP contribution in [0.4, 0.5) is 0 Å². The molecule has 27 heavy (non-hydrogen) atoms. The summed E-state index contributed by atoms with van der Waals surface area (Å²) in [4.78, 5) is 2.86. The smallest absolute Gasteiger partial charge is 0.240 e. The number of hydrogen-bond donors (Lipinski definition) is 1. The highest BCUT2D eigenvalue weighted by molar-refractivity contribution is 7.89. The Hall–Kier alpha value is -1.15. The molecule has 7 heteroatoms. The third kappa shape index (κ3) is 5.91. The Morgan fingerprint density at radius 2 is 1.78 bits per heavy atom. The van der Waals surface area contributed by atoms with Crippen LogP contribution in [-0.2, 0) is 14.8 Å². The molecule has 0 atom stereocenters. The van der Waals surface area contributed by atoms with E-state index in [1.165, 1.54) is 0 Å². The lowest BCUT2D eigenvalue weighted by Crippen LogP contribution is -2.45. The largest absolute Gasteiger partial charge is 0.494 e. The van der Waals surface area contributed by atoms with E-state index in [1.54, 1.807) is 24.3 Å². The van der Waals surface area contributed by atoms with E-state index < -0.39 is 10.0 Å². The first-order valence-corrected chi connectivity index (χ1v) is 11.6. The normalized spacial score (nSPS) is 20.6. The zero-order valence-electron chi connectivity index (χ0n) is 16.2. The molecule has 6 nitrogen and oxygen atoms in total. The van der Waals surface area contributed by atoms with E-state index in [2.05, 4.69) is 9.62 Å². The maximum absolute atomic E-state index is 12.5. The summed E-state index contributed by atoms with van der Waals surface area (Å²) in [6.07, 6.45) is 5.26. The van der Waals surface area contributed by atoms with Crippen LogP contribution in [0.25, 0.3) is 0 Å². The van der Waals surface area contributed by atoms with E-state index in [4.69, 9.17) is 9.47 Å². The summed E-state index contributed by atoms with van der Waals surface area (Å²) >= 11 is 0. The van der Waals surface area contributed by atoms with Crippen molar-refractivity contribution in [2.24, 2.45) is 5.92 Å². The number of rotatable bonds is 8. The monoisotopic (exact) mass is 396 g/mol. The number of ether oxygens (including phenoxy) is 2. The molecule has 0 spiro atoms. The van der Waals surface area contributed by atoms with Crippen molar-refractivity contribution in [3.63, 3.8) is 0 Å². The second-order valence-electron chi connectivity index (χ2n) is 7.49. The van der Waals surface area contributed by atoms with E-state index in [0.717, 1.165) is 58.4 Å². The second-order valence-corrected chi connectivity index (χ2v) is 9.26. The van der Waals surface area contributed by atoms with Crippen LogP contribution in [-0.4, -0.2) is 58.8 Å². The summed E-state index contributed by atoms with van der Waals surface area (Å²) in [5.41, 5.74) is 0. The van der Waals surface area contributed by atoms with E-state index in [9.17, 15) is 8.42 Å². The van der Waals surface area contributed by atoms with Gasteiger partial charge in [0.15, 0.2) is 0 Å². The standard InChI is InChI=1S/C20H32N2O4S/c1-2-13-26-19-3-5-20(6-4-19)27(23,24)21-16-17-7-11-22(12-8-17)18-9-14-25-15-10-18/h3-6,17-18,21H,2,7-16H2,1H3. The Bertz CT molecular complexity index is 664.